The number of anilines is 2. The number of halogens is 1. The molecule has 3 rings (SSSR count). The quantitative estimate of drug-likeness (QED) is 0.779. The van der Waals surface area contributed by atoms with Crippen LogP contribution in [0.2, 0.25) is 5.02 Å². The summed E-state index contributed by atoms with van der Waals surface area (Å²) in [4.78, 5) is 17.8. The van der Waals surface area contributed by atoms with Crippen LogP contribution in [0, 0.1) is 0 Å². The molecule has 1 amide bonds. The molecule has 4 nitrogen and oxygen atoms in total. The second-order valence-corrected chi connectivity index (χ2v) is 5.86. The number of carbonyl (C=O) groups excluding carboxylic acids is 1. The molecule has 2 aromatic carbocycles. The van der Waals surface area contributed by atoms with Crippen LogP contribution in [-0.2, 0) is 0 Å². The second-order valence-electron chi connectivity index (χ2n) is 5.42. The van der Waals surface area contributed by atoms with E-state index in [1.54, 1.807) is 25.2 Å². The Morgan fingerprint density at radius 2 is 1.83 bits per heavy atom. The Morgan fingerprint density at radius 1 is 1.09 bits per heavy atom. The van der Waals surface area contributed by atoms with E-state index in [0.717, 1.165) is 22.3 Å². The summed E-state index contributed by atoms with van der Waals surface area (Å²) in [5, 5.41) is 5.01. The number of hydrogen-bond donors (Lipinski definition) is 1. The lowest BCUT2D eigenvalue weighted by atomic mass is 10.1. The van der Waals surface area contributed by atoms with Gasteiger partial charge < -0.3 is 10.2 Å². The van der Waals surface area contributed by atoms with Gasteiger partial charge in [-0.1, -0.05) is 11.6 Å². The first kappa shape index (κ1) is 15.3. The van der Waals surface area contributed by atoms with E-state index in [0.29, 0.717) is 10.6 Å². The molecule has 0 aliphatic heterocycles. The number of nitrogens with zero attached hydrogens (tertiary/aromatic N) is 2. The van der Waals surface area contributed by atoms with Crippen molar-refractivity contribution >= 4 is 39.8 Å². The van der Waals surface area contributed by atoms with Crippen molar-refractivity contribution < 1.29 is 4.79 Å². The summed E-state index contributed by atoms with van der Waals surface area (Å²) in [6.07, 6.45) is 1.74. The topological polar surface area (TPSA) is 45.2 Å². The lowest BCUT2D eigenvalue weighted by Gasteiger charge is -2.12. The van der Waals surface area contributed by atoms with Crippen molar-refractivity contribution in [1.82, 2.24) is 9.88 Å². The number of carbonyl (C=O) groups is 1. The number of rotatable bonds is 3. The Bertz CT molecular complexity index is 860. The number of aromatic nitrogens is 1. The fourth-order valence-electron chi connectivity index (χ4n) is 2.34. The summed E-state index contributed by atoms with van der Waals surface area (Å²) in [6, 6.07) is 14.9. The van der Waals surface area contributed by atoms with Crippen molar-refractivity contribution in [3.63, 3.8) is 0 Å². The van der Waals surface area contributed by atoms with Gasteiger partial charge in [-0.05, 0) is 48.5 Å². The molecule has 1 N–H and O–H groups in total. The molecule has 0 saturated carbocycles. The van der Waals surface area contributed by atoms with Crippen molar-refractivity contribution in [2.45, 2.75) is 0 Å². The molecular formula is C18H16ClN3O. The molecular weight excluding hydrogens is 310 g/mol. The van der Waals surface area contributed by atoms with E-state index in [1.807, 2.05) is 48.5 Å². The van der Waals surface area contributed by atoms with Gasteiger partial charge in [-0.3, -0.25) is 9.78 Å². The number of pyridine rings is 1. The van der Waals surface area contributed by atoms with Crippen LogP contribution in [0.5, 0.6) is 0 Å². The van der Waals surface area contributed by atoms with Crippen LogP contribution in [0.25, 0.3) is 10.9 Å². The van der Waals surface area contributed by atoms with Crippen molar-refractivity contribution in [1.29, 1.82) is 0 Å². The molecule has 0 fully saturated rings. The smallest absolute Gasteiger partial charge is 0.253 e. The average Bonchev–Trinajstić information content (AvgIpc) is 2.54. The van der Waals surface area contributed by atoms with Gasteiger partial charge in [0.15, 0.2) is 0 Å². The summed E-state index contributed by atoms with van der Waals surface area (Å²) in [6.45, 7) is 0. The number of fused-ring (bicyclic) bond motifs is 1. The molecule has 0 atom stereocenters. The zero-order valence-electron chi connectivity index (χ0n) is 12.9. The molecule has 0 bridgehead atoms. The predicted octanol–water partition coefficient (Wildman–Crippen LogP) is 4.33. The Kier molecular flexibility index (Phi) is 4.17. The number of hydrogen-bond acceptors (Lipinski definition) is 3. The first-order valence-corrected chi connectivity index (χ1v) is 7.55. The van der Waals surface area contributed by atoms with Gasteiger partial charge in [-0.2, -0.15) is 0 Å². The zero-order chi connectivity index (χ0) is 16.4. The molecule has 5 heteroatoms. The van der Waals surface area contributed by atoms with Gasteiger partial charge in [0.05, 0.1) is 5.52 Å². The summed E-state index contributed by atoms with van der Waals surface area (Å²) in [7, 11) is 3.48. The molecule has 1 aromatic heterocycles. The third-order valence-corrected chi connectivity index (χ3v) is 3.76. The lowest BCUT2D eigenvalue weighted by Crippen LogP contribution is -2.21. The van der Waals surface area contributed by atoms with Crippen molar-refractivity contribution in [2.75, 3.05) is 19.4 Å². The molecule has 0 radical (unpaired) electrons. The Balaban J connectivity index is 1.89. The SMILES string of the molecule is CN(C)C(=O)c1ccc(Nc2ccnc3cc(Cl)ccc23)cc1. The Morgan fingerprint density at radius 3 is 2.52 bits per heavy atom. The van der Waals surface area contributed by atoms with Crippen molar-refractivity contribution in [3.8, 4) is 0 Å². The molecule has 0 aliphatic carbocycles. The minimum atomic E-state index is -0.0134. The molecule has 1 heterocycles. The van der Waals surface area contributed by atoms with E-state index in [9.17, 15) is 4.79 Å². The van der Waals surface area contributed by atoms with Gasteiger partial charge in [0.2, 0.25) is 0 Å². The van der Waals surface area contributed by atoms with Crippen LogP contribution in [0.3, 0.4) is 0 Å². The minimum absolute atomic E-state index is 0.0134. The monoisotopic (exact) mass is 325 g/mol. The van der Waals surface area contributed by atoms with E-state index in [2.05, 4.69) is 10.3 Å². The lowest BCUT2D eigenvalue weighted by molar-refractivity contribution is 0.0827. The van der Waals surface area contributed by atoms with Crippen LogP contribution in [0.15, 0.2) is 54.7 Å². The highest BCUT2D eigenvalue weighted by Crippen LogP contribution is 2.27. The van der Waals surface area contributed by atoms with Gasteiger partial charge in [-0.25, -0.2) is 0 Å². The van der Waals surface area contributed by atoms with E-state index < -0.39 is 0 Å². The third-order valence-electron chi connectivity index (χ3n) is 3.52. The molecule has 23 heavy (non-hydrogen) atoms. The van der Waals surface area contributed by atoms with Gasteiger partial charge in [0, 0.05) is 47.6 Å². The molecule has 0 saturated heterocycles. The van der Waals surface area contributed by atoms with E-state index in [1.165, 1.54) is 0 Å². The molecule has 0 spiro atoms. The Labute approximate surface area is 139 Å². The molecule has 3 aromatic rings. The molecule has 0 unspecified atom stereocenters. The van der Waals surface area contributed by atoms with Crippen LogP contribution in [-0.4, -0.2) is 29.9 Å². The normalized spacial score (nSPS) is 10.6. The fraction of sp³-hybridized carbons (Fsp3) is 0.111. The maximum Gasteiger partial charge on any atom is 0.253 e. The minimum Gasteiger partial charge on any atom is -0.355 e. The first-order chi connectivity index (χ1) is 11.0. The van der Waals surface area contributed by atoms with Gasteiger partial charge in [0.25, 0.3) is 5.91 Å². The standard InChI is InChI=1S/C18H16ClN3O/c1-22(2)18(23)12-3-6-14(7-4-12)21-16-9-10-20-17-11-13(19)5-8-15(16)17/h3-11H,1-2H3,(H,20,21). The summed E-state index contributed by atoms with van der Waals surface area (Å²) >= 11 is 6.01. The summed E-state index contributed by atoms with van der Waals surface area (Å²) < 4.78 is 0. The Hall–Kier alpha value is -2.59. The maximum absolute atomic E-state index is 11.9. The van der Waals surface area contributed by atoms with Gasteiger partial charge in [-0.15, -0.1) is 0 Å². The van der Waals surface area contributed by atoms with E-state index in [-0.39, 0.29) is 5.91 Å². The zero-order valence-corrected chi connectivity index (χ0v) is 13.6. The largest absolute Gasteiger partial charge is 0.355 e. The number of nitrogens with one attached hydrogen (secondary N) is 1. The van der Waals surface area contributed by atoms with Crippen molar-refractivity contribution in [2.24, 2.45) is 0 Å². The summed E-state index contributed by atoms with van der Waals surface area (Å²) in [5.74, 6) is -0.0134. The fourth-order valence-corrected chi connectivity index (χ4v) is 2.51. The van der Waals surface area contributed by atoms with Crippen LogP contribution in [0.4, 0.5) is 11.4 Å². The first-order valence-electron chi connectivity index (χ1n) is 7.17. The molecule has 0 aliphatic rings. The predicted molar refractivity (Wildman–Crippen MR) is 94.5 cm³/mol. The third kappa shape index (κ3) is 3.27. The highest BCUT2D eigenvalue weighted by atomic mass is 35.5. The van der Waals surface area contributed by atoms with E-state index in [4.69, 9.17) is 11.6 Å². The average molecular weight is 326 g/mol. The van der Waals surface area contributed by atoms with Crippen molar-refractivity contribution in [3.05, 3.63) is 65.3 Å². The van der Waals surface area contributed by atoms with Gasteiger partial charge in [0.1, 0.15) is 0 Å². The highest BCUT2D eigenvalue weighted by Gasteiger charge is 2.08. The van der Waals surface area contributed by atoms with Crippen LogP contribution in [0.1, 0.15) is 10.4 Å². The highest BCUT2D eigenvalue weighted by molar-refractivity contribution is 6.31. The molecule has 116 valence electrons. The number of amides is 1. The second kappa shape index (κ2) is 6.26. The van der Waals surface area contributed by atoms with Crippen LogP contribution < -0.4 is 5.32 Å². The summed E-state index contributed by atoms with van der Waals surface area (Å²) in [5.41, 5.74) is 3.34. The van der Waals surface area contributed by atoms with Crippen LogP contribution >= 0.6 is 11.6 Å². The maximum atomic E-state index is 11.9. The number of benzene rings is 2. The van der Waals surface area contributed by atoms with E-state index >= 15 is 0 Å². The van der Waals surface area contributed by atoms with Gasteiger partial charge >= 0.3 is 0 Å².